The van der Waals surface area contributed by atoms with Gasteiger partial charge in [0.1, 0.15) is 4.21 Å². The van der Waals surface area contributed by atoms with Crippen LogP contribution in [0.5, 0.6) is 0 Å². The molecule has 6 nitrogen and oxygen atoms in total. The largest absolute Gasteiger partial charge is 0.271 e. The SMILES string of the molecule is Cc1csc(S(=O)(=O)NS(=O)(=O)c2ccccn2)c1. The maximum absolute atomic E-state index is 11.9. The highest BCUT2D eigenvalue weighted by Gasteiger charge is 2.26. The second-order valence-electron chi connectivity index (χ2n) is 3.70. The Hall–Kier alpha value is -1.29. The molecule has 102 valence electrons. The van der Waals surface area contributed by atoms with Crippen molar-refractivity contribution in [1.82, 2.24) is 9.11 Å². The van der Waals surface area contributed by atoms with Crippen LogP contribution in [0.25, 0.3) is 0 Å². The molecular weight excluding hydrogens is 308 g/mol. The molecule has 1 N–H and O–H groups in total. The van der Waals surface area contributed by atoms with Crippen molar-refractivity contribution >= 4 is 31.4 Å². The molecule has 0 amide bonds. The highest BCUT2D eigenvalue weighted by atomic mass is 32.3. The van der Waals surface area contributed by atoms with E-state index in [0.29, 0.717) is 0 Å². The van der Waals surface area contributed by atoms with Crippen LogP contribution in [-0.2, 0) is 20.0 Å². The summed E-state index contributed by atoms with van der Waals surface area (Å²) in [5.74, 6) is 0. The van der Waals surface area contributed by atoms with Crippen LogP contribution in [0.2, 0.25) is 0 Å². The molecule has 0 bridgehead atoms. The Labute approximate surface area is 115 Å². The van der Waals surface area contributed by atoms with Crippen LogP contribution in [0.15, 0.2) is 45.1 Å². The van der Waals surface area contributed by atoms with Crippen LogP contribution in [0.3, 0.4) is 0 Å². The number of rotatable bonds is 4. The lowest BCUT2D eigenvalue weighted by Crippen LogP contribution is -2.30. The van der Waals surface area contributed by atoms with Crippen LogP contribution in [-0.4, -0.2) is 21.8 Å². The second kappa shape index (κ2) is 5.00. The Morgan fingerprint density at radius 1 is 1.16 bits per heavy atom. The van der Waals surface area contributed by atoms with E-state index in [-0.39, 0.29) is 9.24 Å². The Balaban J connectivity index is 2.36. The molecule has 0 aliphatic carbocycles. The lowest BCUT2D eigenvalue weighted by molar-refractivity contribution is 0.575. The fourth-order valence-electron chi connectivity index (χ4n) is 1.28. The average molecular weight is 318 g/mol. The number of pyridine rings is 1. The third-order valence-electron chi connectivity index (χ3n) is 2.10. The normalized spacial score (nSPS) is 12.5. The summed E-state index contributed by atoms with van der Waals surface area (Å²) < 4.78 is 49.2. The smallest absolute Gasteiger partial charge is 0.243 e. The van der Waals surface area contributed by atoms with E-state index in [1.165, 1.54) is 30.5 Å². The Morgan fingerprint density at radius 2 is 1.89 bits per heavy atom. The summed E-state index contributed by atoms with van der Waals surface area (Å²) in [6.07, 6.45) is 1.27. The molecule has 0 unspecified atom stereocenters. The van der Waals surface area contributed by atoms with E-state index >= 15 is 0 Å². The van der Waals surface area contributed by atoms with E-state index in [2.05, 4.69) is 4.98 Å². The Morgan fingerprint density at radius 3 is 2.42 bits per heavy atom. The molecule has 2 heterocycles. The molecule has 0 atom stereocenters. The zero-order chi connectivity index (χ0) is 14.1. The topological polar surface area (TPSA) is 93.2 Å². The lowest BCUT2D eigenvalue weighted by Gasteiger charge is -2.05. The number of hydrogen-bond acceptors (Lipinski definition) is 6. The van der Waals surface area contributed by atoms with Gasteiger partial charge in [0, 0.05) is 6.20 Å². The third kappa shape index (κ3) is 3.18. The standard InChI is InChI=1S/C10H10N2O4S3/c1-8-6-10(17-7-8)19(15,16)12-18(13,14)9-4-2-3-5-11-9/h2-7,12H,1H3. The van der Waals surface area contributed by atoms with Crippen LogP contribution in [0.1, 0.15) is 5.56 Å². The van der Waals surface area contributed by atoms with Gasteiger partial charge in [-0.3, -0.25) is 0 Å². The summed E-state index contributed by atoms with van der Waals surface area (Å²) in [6, 6.07) is 5.62. The van der Waals surface area contributed by atoms with Crippen molar-refractivity contribution in [2.45, 2.75) is 16.2 Å². The van der Waals surface area contributed by atoms with Gasteiger partial charge in [-0.25, -0.2) is 21.8 Å². The predicted octanol–water partition coefficient (Wildman–Crippen LogP) is 1.12. The molecule has 0 radical (unpaired) electrons. The van der Waals surface area contributed by atoms with Gasteiger partial charge in [0.05, 0.1) is 0 Å². The summed E-state index contributed by atoms with van der Waals surface area (Å²) in [5, 5.41) is 1.29. The number of hydrogen-bond donors (Lipinski definition) is 1. The Bertz CT molecular complexity index is 779. The van der Waals surface area contributed by atoms with Gasteiger partial charge < -0.3 is 0 Å². The van der Waals surface area contributed by atoms with E-state index in [1.807, 2.05) is 0 Å². The van der Waals surface area contributed by atoms with Gasteiger partial charge in [-0.05, 0) is 36.1 Å². The molecule has 0 saturated heterocycles. The summed E-state index contributed by atoms with van der Waals surface area (Å²) in [5.41, 5.74) is 0.751. The van der Waals surface area contributed by atoms with Crippen molar-refractivity contribution in [3.8, 4) is 0 Å². The molecule has 9 heteroatoms. The highest BCUT2D eigenvalue weighted by Crippen LogP contribution is 2.20. The summed E-state index contributed by atoms with van der Waals surface area (Å²) in [4.78, 5) is 3.62. The van der Waals surface area contributed by atoms with Crippen molar-refractivity contribution in [3.63, 3.8) is 0 Å². The zero-order valence-electron chi connectivity index (χ0n) is 9.77. The zero-order valence-corrected chi connectivity index (χ0v) is 12.2. The molecule has 0 fully saturated rings. The van der Waals surface area contributed by atoms with Crippen LogP contribution in [0, 0.1) is 6.92 Å². The molecular formula is C10H10N2O4S3. The van der Waals surface area contributed by atoms with Crippen molar-refractivity contribution in [3.05, 3.63) is 41.4 Å². The maximum atomic E-state index is 11.9. The minimum atomic E-state index is -4.20. The summed E-state index contributed by atoms with van der Waals surface area (Å²) in [7, 11) is -8.30. The van der Waals surface area contributed by atoms with Gasteiger partial charge in [-0.2, -0.15) is 0 Å². The van der Waals surface area contributed by atoms with Gasteiger partial charge >= 0.3 is 0 Å². The second-order valence-corrected chi connectivity index (χ2v) is 8.41. The molecule has 0 aliphatic heterocycles. The first-order chi connectivity index (χ1) is 8.81. The fourth-order valence-corrected chi connectivity index (χ4v) is 5.49. The number of sulfonamides is 2. The highest BCUT2D eigenvalue weighted by molar-refractivity contribution is 8.05. The van der Waals surface area contributed by atoms with E-state index < -0.39 is 20.0 Å². The van der Waals surface area contributed by atoms with Crippen molar-refractivity contribution < 1.29 is 16.8 Å². The first-order valence-corrected chi connectivity index (χ1v) is 8.91. The van der Waals surface area contributed by atoms with E-state index in [9.17, 15) is 16.8 Å². The third-order valence-corrected chi connectivity index (χ3v) is 7.09. The molecule has 2 aromatic heterocycles. The number of nitrogens with zero attached hydrogens (tertiary/aromatic N) is 1. The van der Waals surface area contributed by atoms with Crippen LogP contribution < -0.4 is 4.13 Å². The first-order valence-electron chi connectivity index (χ1n) is 5.06. The number of aromatic nitrogens is 1. The fraction of sp³-hybridized carbons (Fsp3) is 0.100. The summed E-state index contributed by atoms with van der Waals surface area (Å²) in [6.45, 7) is 1.72. The van der Waals surface area contributed by atoms with E-state index in [4.69, 9.17) is 0 Å². The predicted molar refractivity (Wildman–Crippen MR) is 70.8 cm³/mol. The number of thiophene rings is 1. The number of nitrogens with one attached hydrogen (secondary N) is 1. The molecule has 0 aliphatic rings. The molecule has 0 spiro atoms. The van der Waals surface area contributed by atoms with Crippen LogP contribution in [0.4, 0.5) is 0 Å². The van der Waals surface area contributed by atoms with Gasteiger partial charge in [-0.1, -0.05) is 10.2 Å². The van der Waals surface area contributed by atoms with Gasteiger partial charge in [0.2, 0.25) is 0 Å². The molecule has 2 aromatic rings. The van der Waals surface area contributed by atoms with E-state index in [0.717, 1.165) is 16.9 Å². The average Bonchev–Trinajstić information content (AvgIpc) is 2.77. The molecule has 2 rings (SSSR count). The molecule has 0 saturated carbocycles. The molecule has 19 heavy (non-hydrogen) atoms. The summed E-state index contributed by atoms with van der Waals surface area (Å²) >= 11 is 0.957. The van der Waals surface area contributed by atoms with Gasteiger partial charge in [0.25, 0.3) is 20.0 Å². The van der Waals surface area contributed by atoms with E-state index in [1.54, 1.807) is 16.4 Å². The monoisotopic (exact) mass is 318 g/mol. The van der Waals surface area contributed by atoms with Crippen molar-refractivity contribution in [2.24, 2.45) is 0 Å². The van der Waals surface area contributed by atoms with Crippen LogP contribution >= 0.6 is 11.3 Å². The molecule has 0 aromatic carbocycles. The maximum Gasteiger partial charge on any atom is 0.271 e. The van der Waals surface area contributed by atoms with Gasteiger partial charge in [0.15, 0.2) is 5.03 Å². The quantitative estimate of drug-likeness (QED) is 0.912. The van der Waals surface area contributed by atoms with Crippen molar-refractivity contribution in [1.29, 1.82) is 0 Å². The minimum absolute atomic E-state index is 0.0514. The van der Waals surface area contributed by atoms with Crippen molar-refractivity contribution in [2.75, 3.05) is 0 Å². The minimum Gasteiger partial charge on any atom is -0.243 e. The Kier molecular flexibility index (Phi) is 3.72. The van der Waals surface area contributed by atoms with Gasteiger partial charge in [-0.15, -0.1) is 11.3 Å². The lowest BCUT2D eigenvalue weighted by atomic mass is 10.4. The number of aryl methyl sites for hydroxylation is 1. The first kappa shape index (κ1) is 14.1.